The average molecular weight is 519 g/mol. The van der Waals surface area contributed by atoms with Crippen LogP contribution in [0.4, 0.5) is 5.69 Å². The summed E-state index contributed by atoms with van der Waals surface area (Å²) in [5.41, 5.74) is 3.32. The first kappa shape index (κ1) is 25.2. The van der Waals surface area contributed by atoms with E-state index in [-0.39, 0.29) is 30.7 Å². The predicted molar refractivity (Wildman–Crippen MR) is 145 cm³/mol. The first-order chi connectivity index (χ1) is 17.7. The van der Waals surface area contributed by atoms with Crippen LogP contribution in [0.15, 0.2) is 60.7 Å². The molecular weight excluding hydrogens is 488 g/mol. The zero-order chi connectivity index (χ0) is 26.3. The van der Waals surface area contributed by atoms with Crippen LogP contribution in [0.5, 0.6) is 11.5 Å². The van der Waals surface area contributed by atoms with Crippen LogP contribution >= 0.6 is 11.6 Å². The fourth-order valence-electron chi connectivity index (χ4n) is 5.05. The van der Waals surface area contributed by atoms with E-state index in [9.17, 15) is 9.59 Å². The third-order valence-corrected chi connectivity index (χ3v) is 7.45. The summed E-state index contributed by atoms with van der Waals surface area (Å²) in [6.07, 6.45) is 1.55. The van der Waals surface area contributed by atoms with Gasteiger partial charge in [0.1, 0.15) is 0 Å². The summed E-state index contributed by atoms with van der Waals surface area (Å²) >= 11 is 6.54. The lowest BCUT2D eigenvalue weighted by molar-refractivity contribution is -0.118. The largest absolute Gasteiger partial charge is 0.454 e. The molecule has 1 fully saturated rings. The summed E-state index contributed by atoms with van der Waals surface area (Å²) in [7, 11) is 0. The molecule has 3 aromatic carbocycles. The maximum absolute atomic E-state index is 13.4. The Labute approximate surface area is 222 Å². The molecule has 0 saturated heterocycles. The Hall–Kier alpha value is -3.51. The number of rotatable bonds is 7. The highest BCUT2D eigenvalue weighted by Gasteiger charge is 2.51. The van der Waals surface area contributed by atoms with Crippen LogP contribution in [0, 0.1) is 0 Å². The molecule has 0 bridgehead atoms. The van der Waals surface area contributed by atoms with Gasteiger partial charge in [-0.1, -0.05) is 29.8 Å². The molecule has 0 atom stereocenters. The predicted octanol–water partition coefficient (Wildman–Crippen LogP) is 6.67. The second kappa shape index (κ2) is 9.75. The van der Waals surface area contributed by atoms with Gasteiger partial charge in [0.05, 0.1) is 5.41 Å². The molecule has 0 spiro atoms. The Morgan fingerprint density at radius 1 is 0.892 bits per heavy atom. The minimum atomic E-state index is -0.568. The second-order valence-electron chi connectivity index (χ2n) is 10.3. The van der Waals surface area contributed by atoms with Gasteiger partial charge in [0.15, 0.2) is 11.5 Å². The molecule has 7 heteroatoms. The van der Waals surface area contributed by atoms with Crippen molar-refractivity contribution < 1.29 is 19.1 Å². The Morgan fingerprint density at radius 3 is 2.22 bits per heavy atom. The maximum Gasteiger partial charge on any atom is 0.254 e. The number of hydrogen-bond donors (Lipinski definition) is 1. The molecule has 5 rings (SSSR count). The number of nitrogens with one attached hydrogen (secondary N) is 1. The van der Waals surface area contributed by atoms with Gasteiger partial charge in [-0.25, -0.2) is 0 Å². The molecule has 1 saturated carbocycles. The average Bonchev–Trinajstić information content (AvgIpc) is 3.55. The Morgan fingerprint density at radius 2 is 1.57 bits per heavy atom. The van der Waals surface area contributed by atoms with Crippen LogP contribution in [0.1, 0.15) is 56.5 Å². The summed E-state index contributed by atoms with van der Waals surface area (Å²) in [6.45, 7) is 8.27. The van der Waals surface area contributed by atoms with Crippen molar-refractivity contribution in [1.29, 1.82) is 0 Å². The molecule has 192 valence electrons. The van der Waals surface area contributed by atoms with Crippen molar-refractivity contribution in [3.8, 4) is 22.6 Å². The minimum Gasteiger partial charge on any atom is -0.454 e. The highest BCUT2D eigenvalue weighted by atomic mass is 35.5. The summed E-state index contributed by atoms with van der Waals surface area (Å²) in [6, 6.07) is 18.8. The van der Waals surface area contributed by atoms with E-state index in [2.05, 4.69) is 5.32 Å². The quantitative estimate of drug-likeness (QED) is 0.379. The number of carbonyl (C=O) groups is 2. The van der Waals surface area contributed by atoms with Crippen molar-refractivity contribution >= 4 is 29.1 Å². The molecule has 2 amide bonds. The molecular formula is C30H31ClN2O4. The van der Waals surface area contributed by atoms with Crippen LogP contribution in [0.2, 0.25) is 5.02 Å². The molecule has 1 aliphatic heterocycles. The number of ether oxygens (including phenoxy) is 2. The number of anilines is 1. The summed E-state index contributed by atoms with van der Waals surface area (Å²) in [4.78, 5) is 28.3. The normalized spacial score (nSPS) is 15.1. The van der Waals surface area contributed by atoms with E-state index in [4.69, 9.17) is 21.1 Å². The summed E-state index contributed by atoms with van der Waals surface area (Å²) in [5, 5.41) is 3.66. The van der Waals surface area contributed by atoms with Crippen LogP contribution in [-0.4, -0.2) is 35.6 Å². The standard InChI is InChI=1S/C30H31ClN2O4/c1-18(2)33(19(3)4)28(34)21-7-5-20(6-8-21)24-16-23(10-11-25(24)31)32-29(35)30(13-14-30)22-9-12-26-27(15-22)37-17-36-26/h5-12,15-16,18-19H,13-14,17H2,1-4H3,(H,32,35). The smallest absolute Gasteiger partial charge is 0.254 e. The van der Waals surface area contributed by atoms with E-state index in [0.29, 0.717) is 27.8 Å². The van der Waals surface area contributed by atoms with E-state index in [0.717, 1.165) is 29.5 Å². The topological polar surface area (TPSA) is 67.9 Å². The molecule has 1 N–H and O–H groups in total. The number of carbonyl (C=O) groups excluding carboxylic acids is 2. The van der Waals surface area contributed by atoms with E-state index in [1.54, 1.807) is 12.1 Å². The summed E-state index contributed by atoms with van der Waals surface area (Å²) in [5.74, 6) is 1.33. The van der Waals surface area contributed by atoms with Crippen molar-refractivity contribution in [2.75, 3.05) is 12.1 Å². The zero-order valence-corrected chi connectivity index (χ0v) is 22.3. The lowest BCUT2D eigenvalue weighted by Crippen LogP contribution is -2.42. The van der Waals surface area contributed by atoms with Gasteiger partial charge in [0, 0.05) is 33.9 Å². The molecule has 1 heterocycles. The van der Waals surface area contributed by atoms with Crippen LogP contribution in [0.25, 0.3) is 11.1 Å². The number of nitrogens with zero attached hydrogens (tertiary/aromatic N) is 1. The number of benzene rings is 3. The van der Waals surface area contributed by atoms with E-state index in [1.807, 2.05) is 81.1 Å². The fraction of sp³-hybridized carbons (Fsp3) is 0.333. The van der Waals surface area contributed by atoms with Gasteiger partial charge in [-0.05, 0) is 94.1 Å². The highest BCUT2D eigenvalue weighted by Crippen LogP contribution is 2.51. The maximum atomic E-state index is 13.4. The Balaban J connectivity index is 1.35. The molecule has 37 heavy (non-hydrogen) atoms. The van der Waals surface area contributed by atoms with Crippen molar-refractivity contribution in [3.63, 3.8) is 0 Å². The van der Waals surface area contributed by atoms with Crippen LogP contribution < -0.4 is 14.8 Å². The first-order valence-corrected chi connectivity index (χ1v) is 13.0. The third-order valence-electron chi connectivity index (χ3n) is 7.12. The van der Waals surface area contributed by atoms with E-state index >= 15 is 0 Å². The molecule has 0 radical (unpaired) electrons. The molecule has 0 aromatic heterocycles. The van der Waals surface area contributed by atoms with Gasteiger partial charge in [-0.15, -0.1) is 0 Å². The van der Waals surface area contributed by atoms with Crippen LogP contribution in [0.3, 0.4) is 0 Å². The molecule has 6 nitrogen and oxygen atoms in total. The third kappa shape index (κ3) is 4.78. The lowest BCUT2D eigenvalue weighted by atomic mass is 9.94. The Kier molecular flexibility index (Phi) is 6.63. The number of fused-ring (bicyclic) bond motifs is 1. The van der Waals surface area contributed by atoms with Crippen molar-refractivity contribution in [3.05, 3.63) is 76.8 Å². The van der Waals surface area contributed by atoms with Gasteiger partial charge in [-0.2, -0.15) is 0 Å². The monoisotopic (exact) mass is 518 g/mol. The minimum absolute atomic E-state index is 0.00177. The Bertz CT molecular complexity index is 1340. The molecule has 0 unspecified atom stereocenters. The van der Waals surface area contributed by atoms with Crippen molar-refractivity contribution in [2.24, 2.45) is 0 Å². The SMILES string of the molecule is CC(C)N(C(=O)c1ccc(-c2cc(NC(=O)C3(c4ccc5c(c4)OCO5)CC3)ccc2Cl)cc1)C(C)C. The van der Waals surface area contributed by atoms with Gasteiger partial charge in [-0.3, -0.25) is 9.59 Å². The van der Waals surface area contributed by atoms with Crippen molar-refractivity contribution in [1.82, 2.24) is 4.90 Å². The van der Waals surface area contributed by atoms with Crippen molar-refractivity contribution in [2.45, 2.75) is 58.0 Å². The van der Waals surface area contributed by atoms with Gasteiger partial charge >= 0.3 is 0 Å². The van der Waals surface area contributed by atoms with E-state index < -0.39 is 5.41 Å². The lowest BCUT2D eigenvalue weighted by Gasteiger charge is -2.30. The van der Waals surface area contributed by atoms with Crippen LogP contribution in [-0.2, 0) is 10.2 Å². The van der Waals surface area contributed by atoms with Gasteiger partial charge in [0.2, 0.25) is 12.7 Å². The summed E-state index contributed by atoms with van der Waals surface area (Å²) < 4.78 is 10.9. The van der Waals surface area contributed by atoms with Gasteiger partial charge in [0.25, 0.3) is 5.91 Å². The van der Waals surface area contributed by atoms with E-state index in [1.165, 1.54) is 0 Å². The molecule has 3 aromatic rings. The highest BCUT2D eigenvalue weighted by molar-refractivity contribution is 6.33. The number of hydrogen-bond acceptors (Lipinski definition) is 4. The molecule has 1 aliphatic carbocycles. The number of amides is 2. The fourth-order valence-corrected chi connectivity index (χ4v) is 5.27. The molecule has 2 aliphatic rings. The zero-order valence-electron chi connectivity index (χ0n) is 21.5. The van der Waals surface area contributed by atoms with Gasteiger partial charge < -0.3 is 19.7 Å². The number of halogens is 1. The second-order valence-corrected chi connectivity index (χ2v) is 10.7. The first-order valence-electron chi connectivity index (χ1n) is 12.6.